The van der Waals surface area contributed by atoms with Crippen molar-refractivity contribution in [3.63, 3.8) is 0 Å². The maximum atomic E-state index is 11.7. The van der Waals surface area contributed by atoms with Gasteiger partial charge in [-0.1, -0.05) is 41.9 Å². The lowest BCUT2D eigenvalue weighted by Crippen LogP contribution is -2.19. The zero-order chi connectivity index (χ0) is 17.5. The number of rotatable bonds is 7. The molecule has 0 atom stereocenters. The standard InChI is InChI=1S/C19H20ClNO3/c1-21(2)10-11-24-18-9-8-16(20)12-15(18)13-17(19(22)23)14-6-4-3-5-7-14/h3-9,12-13H,10-11H2,1-2H3,(H,22,23)/b17-13-. The third-order valence-electron chi connectivity index (χ3n) is 3.38. The van der Waals surface area contributed by atoms with Gasteiger partial charge in [0.25, 0.3) is 0 Å². The lowest BCUT2D eigenvalue weighted by Gasteiger charge is -2.13. The maximum absolute atomic E-state index is 11.7. The van der Waals surface area contributed by atoms with Crippen LogP contribution in [0.1, 0.15) is 11.1 Å². The van der Waals surface area contributed by atoms with Crippen LogP contribution in [0.3, 0.4) is 0 Å². The van der Waals surface area contributed by atoms with Crippen LogP contribution in [0.4, 0.5) is 0 Å². The van der Waals surface area contributed by atoms with Crippen molar-refractivity contribution in [1.29, 1.82) is 0 Å². The minimum Gasteiger partial charge on any atom is -0.492 e. The molecule has 0 aliphatic heterocycles. The first-order chi connectivity index (χ1) is 11.5. The fourth-order valence-electron chi connectivity index (χ4n) is 2.14. The Bertz CT molecular complexity index is 727. The predicted octanol–water partition coefficient (Wildman–Crippen LogP) is 3.91. The van der Waals surface area contributed by atoms with Crippen molar-refractivity contribution >= 4 is 29.2 Å². The molecule has 0 aliphatic carbocycles. The number of hydrogen-bond donors (Lipinski definition) is 1. The Kier molecular flexibility index (Phi) is 6.41. The minimum atomic E-state index is -1.000. The average Bonchev–Trinajstić information content (AvgIpc) is 2.54. The van der Waals surface area contributed by atoms with Gasteiger partial charge in [0.2, 0.25) is 0 Å². The van der Waals surface area contributed by atoms with Gasteiger partial charge in [-0.3, -0.25) is 0 Å². The summed E-state index contributed by atoms with van der Waals surface area (Å²) in [5.74, 6) is -0.392. The van der Waals surface area contributed by atoms with Crippen LogP contribution in [0, 0.1) is 0 Å². The maximum Gasteiger partial charge on any atom is 0.336 e. The van der Waals surface area contributed by atoms with Crippen LogP contribution in [0.25, 0.3) is 11.6 Å². The molecule has 0 unspecified atom stereocenters. The molecule has 0 bridgehead atoms. The lowest BCUT2D eigenvalue weighted by molar-refractivity contribution is -0.130. The molecular weight excluding hydrogens is 326 g/mol. The summed E-state index contributed by atoms with van der Waals surface area (Å²) in [7, 11) is 3.92. The molecule has 4 nitrogen and oxygen atoms in total. The lowest BCUT2D eigenvalue weighted by atomic mass is 10.0. The zero-order valence-electron chi connectivity index (χ0n) is 13.7. The van der Waals surface area contributed by atoms with Crippen molar-refractivity contribution in [2.45, 2.75) is 0 Å². The van der Waals surface area contributed by atoms with Gasteiger partial charge in [0.05, 0.1) is 5.57 Å². The summed E-state index contributed by atoms with van der Waals surface area (Å²) in [6.07, 6.45) is 1.59. The Balaban J connectivity index is 2.37. The minimum absolute atomic E-state index is 0.190. The summed E-state index contributed by atoms with van der Waals surface area (Å²) in [5.41, 5.74) is 1.46. The van der Waals surface area contributed by atoms with E-state index in [1.165, 1.54) is 0 Å². The van der Waals surface area contributed by atoms with E-state index in [4.69, 9.17) is 16.3 Å². The summed E-state index contributed by atoms with van der Waals surface area (Å²) < 4.78 is 5.78. The van der Waals surface area contributed by atoms with Crippen molar-refractivity contribution in [3.05, 3.63) is 64.7 Å². The summed E-state index contributed by atoms with van der Waals surface area (Å²) in [6, 6.07) is 14.2. The van der Waals surface area contributed by atoms with Crippen molar-refractivity contribution in [3.8, 4) is 5.75 Å². The number of aliphatic carboxylic acids is 1. The van der Waals surface area contributed by atoms with Crippen LogP contribution >= 0.6 is 11.6 Å². The Morgan fingerprint density at radius 1 is 1.21 bits per heavy atom. The Hall–Kier alpha value is -2.30. The molecule has 2 aromatic carbocycles. The van der Waals surface area contributed by atoms with Gasteiger partial charge in [0.1, 0.15) is 12.4 Å². The second-order valence-electron chi connectivity index (χ2n) is 5.56. The van der Waals surface area contributed by atoms with Crippen molar-refractivity contribution < 1.29 is 14.6 Å². The third kappa shape index (κ3) is 5.11. The highest BCUT2D eigenvalue weighted by molar-refractivity contribution is 6.31. The number of nitrogens with zero attached hydrogens (tertiary/aromatic N) is 1. The molecule has 0 heterocycles. The molecule has 0 fully saturated rings. The van der Waals surface area contributed by atoms with E-state index in [0.717, 1.165) is 6.54 Å². The van der Waals surface area contributed by atoms with Gasteiger partial charge < -0.3 is 14.7 Å². The Labute approximate surface area is 146 Å². The predicted molar refractivity (Wildman–Crippen MR) is 97.4 cm³/mol. The molecule has 2 rings (SSSR count). The van der Waals surface area contributed by atoms with Crippen molar-refractivity contribution in [2.24, 2.45) is 0 Å². The summed E-state index contributed by atoms with van der Waals surface area (Å²) in [5, 5.41) is 10.1. The normalized spacial score (nSPS) is 11.6. The highest BCUT2D eigenvalue weighted by Crippen LogP contribution is 2.28. The Morgan fingerprint density at radius 3 is 2.54 bits per heavy atom. The molecular formula is C19H20ClNO3. The van der Waals surface area contributed by atoms with E-state index in [9.17, 15) is 9.90 Å². The molecule has 1 N–H and O–H groups in total. The van der Waals surface area contributed by atoms with Crippen LogP contribution in [0.5, 0.6) is 5.75 Å². The van der Waals surface area contributed by atoms with E-state index in [-0.39, 0.29) is 5.57 Å². The monoisotopic (exact) mass is 345 g/mol. The molecule has 0 saturated carbocycles. The van der Waals surface area contributed by atoms with Crippen LogP contribution < -0.4 is 4.74 Å². The average molecular weight is 346 g/mol. The molecule has 0 spiro atoms. The van der Waals surface area contributed by atoms with Crippen molar-refractivity contribution in [2.75, 3.05) is 27.2 Å². The fraction of sp³-hybridized carbons (Fsp3) is 0.211. The van der Waals surface area contributed by atoms with Gasteiger partial charge in [-0.05, 0) is 43.9 Å². The first-order valence-corrected chi connectivity index (χ1v) is 7.92. The van der Waals surface area contributed by atoms with E-state index < -0.39 is 5.97 Å². The molecule has 0 aliphatic rings. The van der Waals surface area contributed by atoms with Crippen molar-refractivity contribution in [1.82, 2.24) is 4.90 Å². The molecule has 0 amide bonds. The number of halogens is 1. The molecule has 0 aromatic heterocycles. The molecule has 0 radical (unpaired) electrons. The summed E-state index contributed by atoms with van der Waals surface area (Å²) in [4.78, 5) is 13.7. The van der Waals surface area contributed by atoms with Crippen LogP contribution in [0.15, 0.2) is 48.5 Å². The molecule has 126 valence electrons. The number of likely N-dealkylation sites (N-methyl/N-ethyl adjacent to an activating group) is 1. The third-order valence-corrected chi connectivity index (χ3v) is 3.62. The SMILES string of the molecule is CN(C)CCOc1ccc(Cl)cc1/C=C(\C(=O)O)c1ccccc1. The van der Waals surface area contributed by atoms with E-state index in [2.05, 4.69) is 0 Å². The quantitative estimate of drug-likeness (QED) is 0.610. The molecule has 0 saturated heterocycles. The number of benzene rings is 2. The van der Waals surface area contributed by atoms with Crippen LogP contribution in [-0.2, 0) is 4.79 Å². The first-order valence-electron chi connectivity index (χ1n) is 7.55. The summed E-state index contributed by atoms with van der Waals surface area (Å²) >= 11 is 6.07. The molecule has 5 heteroatoms. The topological polar surface area (TPSA) is 49.8 Å². The number of carbonyl (C=O) groups is 1. The van der Waals surface area contributed by atoms with Gasteiger partial charge >= 0.3 is 5.97 Å². The second-order valence-corrected chi connectivity index (χ2v) is 6.00. The number of ether oxygens (including phenoxy) is 1. The van der Waals surface area contributed by atoms with E-state index in [0.29, 0.717) is 28.5 Å². The zero-order valence-corrected chi connectivity index (χ0v) is 14.5. The largest absolute Gasteiger partial charge is 0.492 e. The first kappa shape index (κ1) is 18.0. The van der Waals surface area contributed by atoms with E-state index in [1.807, 2.05) is 25.1 Å². The van der Waals surface area contributed by atoms with Crippen LogP contribution in [-0.4, -0.2) is 43.2 Å². The smallest absolute Gasteiger partial charge is 0.336 e. The summed E-state index contributed by atoms with van der Waals surface area (Å²) in [6.45, 7) is 1.26. The second kappa shape index (κ2) is 8.52. The molecule has 24 heavy (non-hydrogen) atoms. The van der Waals surface area contributed by atoms with Gasteiger partial charge in [0, 0.05) is 17.1 Å². The van der Waals surface area contributed by atoms with E-state index >= 15 is 0 Å². The van der Waals surface area contributed by atoms with Gasteiger partial charge in [0.15, 0.2) is 0 Å². The van der Waals surface area contributed by atoms with Gasteiger partial charge in [-0.15, -0.1) is 0 Å². The van der Waals surface area contributed by atoms with E-state index in [1.54, 1.807) is 48.5 Å². The van der Waals surface area contributed by atoms with Crippen LogP contribution in [0.2, 0.25) is 5.02 Å². The molecule has 2 aromatic rings. The number of carboxylic acids is 1. The van der Waals surface area contributed by atoms with Gasteiger partial charge in [-0.2, -0.15) is 0 Å². The fourth-order valence-corrected chi connectivity index (χ4v) is 2.32. The number of carboxylic acid groups (broad SMARTS) is 1. The number of hydrogen-bond acceptors (Lipinski definition) is 3. The van der Waals surface area contributed by atoms with Gasteiger partial charge in [-0.25, -0.2) is 4.79 Å². The highest BCUT2D eigenvalue weighted by atomic mass is 35.5. The highest BCUT2D eigenvalue weighted by Gasteiger charge is 2.12. The Morgan fingerprint density at radius 2 is 1.92 bits per heavy atom.